The van der Waals surface area contributed by atoms with Crippen LogP contribution in [0, 0.1) is 5.92 Å². The summed E-state index contributed by atoms with van der Waals surface area (Å²) in [6.45, 7) is 3.97. The molecule has 2 aromatic carbocycles. The first-order chi connectivity index (χ1) is 17.2. The number of anilines is 1. The Labute approximate surface area is 207 Å². The topological polar surface area (TPSA) is 68.0 Å². The zero-order chi connectivity index (χ0) is 23.6. The van der Waals surface area contributed by atoms with Crippen molar-refractivity contribution in [1.29, 1.82) is 0 Å². The van der Waals surface area contributed by atoms with Gasteiger partial charge in [0.2, 0.25) is 0 Å². The highest BCUT2D eigenvalue weighted by Crippen LogP contribution is 2.33. The van der Waals surface area contributed by atoms with Crippen molar-refractivity contribution in [3.05, 3.63) is 72.7 Å². The number of aromatic nitrogens is 1. The van der Waals surface area contributed by atoms with Crippen LogP contribution in [0.3, 0.4) is 0 Å². The van der Waals surface area contributed by atoms with Crippen molar-refractivity contribution < 1.29 is 18.7 Å². The van der Waals surface area contributed by atoms with E-state index in [4.69, 9.17) is 18.9 Å². The summed E-state index contributed by atoms with van der Waals surface area (Å²) < 4.78 is 18.5. The standard InChI is InChI=1S/C27H27N3O4S/c31-26(24-9-5-15-32-24)30(27-28-21-6-1-4-10-25(21)35-27)16-19-11-13-29(14-12-19)17-20-18-33-22-7-2-3-8-23(22)34-20/h1-10,15,19-20H,11-14,16-18H2. The quantitative estimate of drug-likeness (QED) is 0.376. The lowest BCUT2D eigenvalue weighted by molar-refractivity contribution is 0.0480. The third kappa shape index (κ3) is 4.76. The van der Waals surface area contributed by atoms with E-state index in [1.165, 1.54) is 6.26 Å². The number of para-hydroxylation sites is 3. The number of hydrogen-bond acceptors (Lipinski definition) is 7. The predicted molar refractivity (Wildman–Crippen MR) is 136 cm³/mol. The molecule has 7 nitrogen and oxygen atoms in total. The molecule has 0 saturated carbocycles. The molecule has 4 aromatic rings. The molecular formula is C27H27N3O4S. The van der Waals surface area contributed by atoms with Crippen LogP contribution in [0.25, 0.3) is 10.2 Å². The molecule has 8 heteroatoms. The first-order valence-electron chi connectivity index (χ1n) is 12.0. The average Bonchev–Trinajstić information content (AvgIpc) is 3.58. The number of benzene rings is 2. The fraction of sp³-hybridized carbons (Fsp3) is 0.333. The Morgan fingerprint density at radius 1 is 1.03 bits per heavy atom. The molecule has 2 aliphatic heterocycles. The Morgan fingerprint density at radius 3 is 2.63 bits per heavy atom. The van der Waals surface area contributed by atoms with Crippen LogP contribution in [-0.4, -0.2) is 54.7 Å². The van der Waals surface area contributed by atoms with Crippen LogP contribution in [-0.2, 0) is 0 Å². The SMILES string of the molecule is O=C(c1ccco1)N(CC1CCN(CC2COc3ccccc3O2)CC1)c1nc2ccccc2s1. The lowest BCUT2D eigenvalue weighted by Gasteiger charge is -2.36. The van der Waals surface area contributed by atoms with Gasteiger partial charge in [0.1, 0.15) is 12.7 Å². The summed E-state index contributed by atoms with van der Waals surface area (Å²) in [7, 11) is 0. The molecule has 1 unspecified atom stereocenters. The van der Waals surface area contributed by atoms with E-state index < -0.39 is 0 Å². The highest BCUT2D eigenvalue weighted by Gasteiger charge is 2.30. The van der Waals surface area contributed by atoms with Crippen molar-refractivity contribution in [1.82, 2.24) is 9.88 Å². The summed E-state index contributed by atoms with van der Waals surface area (Å²) in [5, 5.41) is 0.724. The lowest BCUT2D eigenvalue weighted by atomic mass is 9.96. The zero-order valence-corrected chi connectivity index (χ0v) is 20.2. The van der Waals surface area contributed by atoms with Crippen LogP contribution in [0.1, 0.15) is 23.4 Å². The number of rotatable bonds is 6. The van der Waals surface area contributed by atoms with Crippen LogP contribution in [0.5, 0.6) is 11.5 Å². The average molecular weight is 490 g/mol. The number of amides is 1. The Bertz CT molecular complexity index is 1260. The summed E-state index contributed by atoms with van der Waals surface area (Å²) in [4.78, 5) is 22.3. The molecule has 2 aliphatic rings. The van der Waals surface area contributed by atoms with Crippen molar-refractivity contribution in [2.45, 2.75) is 18.9 Å². The van der Waals surface area contributed by atoms with Crippen LogP contribution in [0.4, 0.5) is 5.13 Å². The number of likely N-dealkylation sites (tertiary alicyclic amines) is 1. The Balaban J connectivity index is 1.11. The summed E-state index contributed by atoms with van der Waals surface area (Å²) in [6.07, 6.45) is 3.59. The van der Waals surface area contributed by atoms with Gasteiger partial charge in [-0.05, 0) is 68.2 Å². The van der Waals surface area contributed by atoms with Crippen molar-refractivity contribution in [2.75, 3.05) is 37.7 Å². The summed E-state index contributed by atoms with van der Waals surface area (Å²) in [5.41, 5.74) is 0.913. The smallest absolute Gasteiger partial charge is 0.295 e. The van der Waals surface area contributed by atoms with Gasteiger partial charge in [-0.15, -0.1) is 0 Å². The zero-order valence-electron chi connectivity index (χ0n) is 19.3. The molecular weight excluding hydrogens is 462 g/mol. The fourth-order valence-corrected chi connectivity index (χ4v) is 5.78. The molecule has 1 fully saturated rings. The second-order valence-corrected chi connectivity index (χ2v) is 10.1. The maximum absolute atomic E-state index is 13.3. The van der Waals surface area contributed by atoms with E-state index in [9.17, 15) is 4.79 Å². The van der Waals surface area contributed by atoms with Gasteiger partial charge in [-0.2, -0.15) is 0 Å². The van der Waals surface area contributed by atoms with Gasteiger partial charge in [0.25, 0.3) is 5.91 Å². The second kappa shape index (κ2) is 9.71. The van der Waals surface area contributed by atoms with E-state index in [2.05, 4.69) is 4.90 Å². The third-order valence-electron chi connectivity index (χ3n) is 6.67. The number of ether oxygens (including phenoxy) is 2. The predicted octanol–water partition coefficient (Wildman–Crippen LogP) is 5.09. The van der Waals surface area contributed by atoms with Gasteiger partial charge in [0.15, 0.2) is 22.4 Å². The van der Waals surface area contributed by atoms with Gasteiger partial charge < -0.3 is 13.9 Å². The number of thiazole rings is 1. The molecule has 0 aliphatic carbocycles. The van der Waals surface area contributed by atoms with E-state index in [1.807, 2.05) is 48.5 Å². The lowest BCUT2D eigenvalue weighted by Crippen LogP contribution is -2.46. The molecule has 0 spiro atoms. The molecule has 6 rings (SSSR count). The Kier molecular flexibility index (Phi) is 6.14. The van der Waals surface area contributed by atoms with Crippen molar-refractivity contribution in [3.63, 3.8) is 0 Å². The number of carbonyl (C=O) groups is 1. The van der Waals surface area contributed by atoms with Crippen LogP contribution < -0.4 is 14.4 Å². The van der Waals surface area contributed by atoms with Crippen LogP contribution in [0.2, 0.25) is 0 Å². The van der Waals surface area contributed by atoms with Crippen molar-refractivity contribution in [3.8, 4) is 11.5 Å². The summed E-state index contributed by atoms with van der Waals surface area (Å²) >= 11 is 1.55. The molecule has 1 saturated heterocycles. The molecule has 1 atom stereocenters. The van der Waals surface area contributed by atoms with E-state index in [0.717, 1.165) is 59.3 Å². The molecule has 180 valence electrons. The van der Waals surface area contributed by atoms with Gasteiger partial charge in [0, 0.05) is 13.1 Å². The monoisotopic (exact) mass is 489 g/mol. The second-order valence-electron chi connectivity index (χ2n) is 9.10. The number of furan rings is 1. The number of fused-ring (bicyclic) bond motifs is 2. The van der Waals surface area contributed by atoms with Crippen molar-refractivity contribution in [2.24, 2.45) is 5.92 Å². The minimum Gasteiger partial charge on any atom is -0.486 e. The largest absolute Gasteiger partial charge is 0.486 e. The van der Waals surface area contributed by atoms with Gasteiger partial charge in [-0.1, -0.05) is 35.6 Å². The third-order valence-corrected chi connectivity index (χ3v) is 7.73. The highest BCUT2D eigenvalue weighted by molar-refractivity contribution is 7.22. The van der Waals surface area contributed by atoms with Crippen molar-refractivity contribution >= 4 is 32.6 Å². The first kappa shape index (κ1) is 22.1. The number of hydrogen-bond donors (Lipinski definition) is 0. The van der Waals surface area contributed by atoms with Crippen LogP contribution >= 0.6 is 11.3 Å². The number of piperidine rings is 1. The fourth-order valence-electron chi connectivity index (χ4n) is 4.81. The van der Waals surface area contributed by atoms with Crippen LogP contribution in [0.15, 0.2) is 71.3 Å². The van der Waals surface area contributed by atoms with Gasteiger partial charge >= 0.3 is 0 Å². The summed E-state index contributed by atoms with van der Waals surface area (Å²) in [6, 6.07) is 19.3. The molecule has 2 aromatic heterocycles. The molecule has 4 heterocycles. The van der Waals surface area contributed by atoms with E-state index in [0.29, 0.717) is 24.8 Å². The van der Waals surface area contributed by atoms with Gasteiger partial charge in [-0.25, -0.2) is 4.98 Å². The highest BCUT2D eigenvalue weighted by atomic mass is 32.1. The van der Waals surface area contributed by atoms with E-state index >= 15 is 0 Å². The molecule has 0 radical (unpaired) electrons. The Hall–Kier alpha value is -3.36. The molecule has 1 amide bonds. The molecule has 0 bridgehead atoms. The minimum atomic E-state index is -0.136. The Morgan fingerprint density at radius 2 is 1.83 bits per heavy atom. The molecule has 35 heavy (non-hydrogen) atoms. The normalized spacial score (nSPS) is 18.6. The van der Waals surface area contributed by atoms with E-state index in [-0.39, 0.29) is 12.0 Å². The number of carbonyl (C=O) groups excluding carboxylic acids is 1. The minimum absolute atomic E-state index is 0.0289. The number of nitrogens with zero attached hydrogens (tertiary/aromatic N) is 3. The first-order valence-corrected chi connectivity index (χ1v) is 12.9. The van der Waals surface area contributed by atoms with Gasteiger partial charge in [0.05, 0.1) is 16.5 Å². The maximum Gasteiger partial charge on any atom is 0.295 e. The molecule has 0 N–H and O–H groups in total. The van der Waals surface area contributed by atoms with Gasteiger partial charge in [-0.3, -0.25) is 14.6 Å². The summed E-state index contributed by atoms with van der Waals surface area (Å²) in [5.74, 6) is 2.24. The maximum atomic E-state index is 13.3. The van der Waals surface area contributed by atoms with E-state index in [1.54, 1.807) is 28.4 Å².